The van der Waals surface area contributed by atoms with Gasteiger partial charge in [0.1, 0.15) is 17.1 Å². The summed E-state index contributed by atoms with van der Waals surface area (Å²) < 4.78 is 18.3. The van der Waals surface area contributed by atoms with E-state index in [0.717, 1.165) is 18.3 Å². The van der Waals surface area contributed by atoms with E-state index in [-0.39, 0.29) is 27.8 Å². The summed E-state index contributed by atoms with van der Waals surface area (Å²) in [6.45, 7) is 3.90. The first-order valence-electron chi connectivity index (χ1n) is 6.17. The second kappa shape index (κ2) is 8.00. The van der Waals surface area contributed by atoms with Gasteiger partial charge >= 0.3 is 5.97 Å². The van der Waals surface area contributed by atoms with Gasteiger partial charge in [-0.15, -0.1) is 0 Å². The Balaban J connectivity index is 3.42. The van der Waals surface area contributed by atoms with Gasteiger partial charge < -0.3 is 9.84 Å². The first-order valence-corrected chi connectivity index (χ1v) is 6.93. The highest BCUT2D eigenvalue weighted by molar-refractivity contribution is 6.36. The van der Waals surface area contributed by atoms with Crippen molar-refractivity contribution in [1.82, 2.24) is 0 Å². The minimum atomic E-state index is -0.779. The average molecular weight is 334 g/mol. The Labute approximate surface area is 131 Å². The number of carbonyl (C=O) groups excluding carboxylic acids is 1. The summed E-state index contributed by atoms with van der Waals surface area (Å²) in [4.78, 5) is 15.7. The molecule has 0 aliphatic rings. The van der Waals surface area contributed by atoms with E-state index in [1.165, 1.54) is 0 Å². The van der Waals surface area contributed by atoms with Crippen molar-refractivity contribution in [2.24, 2.45) is 4.99 Å². The SMILES string of the molecule is CCN=CC(C(=O)OCC)=C(O)c1cc(F)c(Cl)cc1Cl. The molecule has 7 heteroatoms. The maximum Gasteiger partial charge on any atom is 0.343 e. The number of ether oxygens (including phenoxy) is 1. The molecule has 0 amide bonds. The highest BCUT2D eigenvalue weighted by Gasteiger charge is 2.19. The summed E-state index contributed by atoms with van der Waals surface area (Å²) >= 11 is 11.5. The van der Waals surface area contributed by atoms with Crippen LogP contribution in [0, 0.1) is 5.82 Å². The molecule has 0 saturated heterocycles. The van der Waals surface area contributed by atoms with E-state index in [1.807, 2.05) is 0 Å². The van der Waals surface area contributed by atoms with Crippen LogP contribution in [-0.4, -0.2) is 30.4 Å². The smallest absolute Gasteiger partial charge is 0.343 e. The molecule has 1 rings (SSSR count). The molecule has 0 spiro atoms. The molecule has 0 fully saturated rings. The number of rotatable bonds is 5. The Hall–Kier alpha value is -1.59. The summed E-state index contributed by atoms with van der Waals surface area (Å²) in [6, 6.07) is 2.09. The van der Waals surface area contributed by atoms with Crippen molar-refractivity contribution in [2.45, 2.75) is 13.8 Å². The van der Waals surface area contributed by atoms with Gasteiger partial charge in [-0.3, -0.25) is 4.99 Å². The number of carbonyl (C=O) groups is 1. The second-order valence-corrected chi connectivity index (χ2v) is 4.67. The zero-order valence-corrected chi connectivity index (χ0v) is 13.0. The zero-order chi connectivity index (χ0) is 16.0. The summed E-state index contributed by atoms with van der Waals surface area (Å²) in [5.74, 6) is -2.07. The fraction of sp³-hybridized carbons (Fsp3) is 0.286. The predicted molar refractivity (Wildman–Crippen MR) is 81.6 cm³/mol. The molecule has 0 radical (unpaired) electrons. The number of hydrogen-bond acceptors (Lipinski definition) is 4. The molecule has 0 aliphatic carbocycles. The quantitative estimate of drug-likeness (QED) is 0.290. The van der Waals surface area contributed by atoms with Gasteiger partial charge in [0, 0.05) is 18.3 Å². The normalized spacial score (nSPS) is 12.4. The molecule has 21 heavy (non-hydrogen) atoms. The van der Waals surface area contributed by atoms with E-state index in [4.69, 9.17) is 27.9 Å². The van der Waals surface area contributed by atoms with Crippen molar-refractivity contribution in [3.05, 3.63) is 39.1 Å². The highest BCUT2D eigenvalue weighted by Crippen LogP contribution is 2.29. The van der Waals surface area contributed by atoms with Crippen molar-refractivity contribution in [2.75, 3.05) is 13.2 Å². The van der Waals surface area contributed by atoms with Gasteiger partial charge in [-0.05, 0) is 26.0 Å². The summed E-state index contributed by atoms with van der Waals surface area (Å²) in [6.07, 6.45) is 1.16. The number of hydrogen-bond donors (Lipinski definition) is 1. The molecule has 0 aliphatic heterocycles. The fourth-order valence-corrected chi connectivity index (χ4v) is 1.92. The molecule has 114 valence electrons. The lowest BCUT2D eigenvalue weighted by atomic mass is 10.1. The van der Waals surface area contributed by atoms with Crippen LogP contribution >= 0.6 is 23.2 Å². The van der Waals surface area contributed by atoms with Crippen LogP contribution in [-0.2, 0) is 9.53 Å². The van der Waals surface area contributed by atoms with Crippen LogP contribution in [0.1, 0.15) is 19.4 Å². The minimum absolute atomic E-state index is 0.00518. The minimum Gasteiger partial charge on any atom is -0.506 e. The van der Waals surface area contributed by atoms with Crippen molar-refractivity contribution in [3.8, 4) is 0 Å². The third kappa shape index (κ3) is 4.44. The standard InChI is InChI=1S/C14H14Cl2FNO3/c1-3-18-7-9(14(20)21-4-2)13(19)8-5-12(17)11(16)6-10(8)15/h5-7,19H,3-4H2,1-2H3. The Morgan fingerprint density at radius 1 is 1.38 bits per heavy atom. The van der Waals surface area contributed by atoms with Crippen LogP contribution in [0.5, 0.6) is 0 Å². The largest absolute Gasteiger partial charge is 0.506 e. The van der Waals surface area contributed by atoms with Crippen molar-refractivity contribution < 1.29 is 19.0 Å². The predicted octanol–water partition coefficient (Wildman–Crippen LogP) is 4.06. The van der Waals surface area contributed by atoms with Crippen LogP contribution in [0.4, 0.5) is 4.39 Å². The van der Waals surface area contributed by atoms with Crippen LogP contribution in [0.2, 0.25) is 10.0 Å². The van der Waals surface area contributed by atoms with Gasteiger partial charge in [-0.25, -0.2) is 9.18 Å². The number of aliphatic imine (C=N–C) groups is 1. The second-order valence-electron chi connectivity index (χ2n) is 3.86. The Morgan fingerprint density at radius 3 is 2.62 bits per heavy atom. The van der Waals surface area contributed by atoms with Gasteiger partial charge in [-0.1, -0.05) is 23.2 Å². The van der Waals surface area contributed by atoms with Gasteiger partial charge in [0.15, 0.2) is 0 Å². The van der Waals surface area contributed by atoms with Crippen LogP contribution in [0.25, 0.3) is 5.76 Å². The molecule has 0 heterocycles. The molecular formula is C14H14Cl2FNO3. The molecule has 0 unspecified atom stereocenters. The van der Waals surface area contributed by atoms with E-state index in [1.54, 1.807) is 13.8 Å². The molecule has 1 N–H and O–H groups in total. The molecule has 1 aromatic rings. The molecular weight excluding hydrogens is 320 g/mol. The van der Waals surface area contributed by atoms with E-state index in [0.29, 0.717) is 6.54 Å². The molecule has 4 nitrogen and oxygen atoms in total. The van der Waals surface area contributed by atoms with Gasteiger partial charge in [0.05, 0.1) is 16.7 Å². The number of nitrogens with zero attached hydrogens (tertiary/aromatic N) is 1. The molecule has 1 aromatic carbocycles. The van der Waals surface area contributed by atoms with Crippen LogP contribution < -0.4 is 0 Å². The lowest BCUT2D eigenvalue weighted by molar-refractivity contribution is -0.137. The number of benzene rings is 1. The Bertz CT molecular complexity index is 600. The topological polar surface area (TPSA) is 58.9 Å². The third-order valence-corrected chi connectivity index (χ3v) is 3.02. The van der Waals surface area contributed by atoms with Gasteiger partial charge in [0.25, 0.3) is 0 Å². The number of halogens is 3. The van der Waals surface area contributed by atoms with Crippen LogP contribution in [0.3, 0.4) is 0 Å². The van der Waals surface area contributed by atoms with Gasteiger partial charge in [-0.2, -0.15) is 0 Å². The summed E-state index contributed by atoms with van der Waals surface area (Å²) in [5, 5.41) is 10.0. The Morgan fingerprint density at radius 2 is 2.05 bits per heavy atom. The average Bonchev–Trinajstić information content (AvgIpc) is 2.43. The van der Waals surface area contributed by atoms with Crippen molar-refractivity contribution in [3.63, 3.8) is 0 Å². The van der Waals surface area contributed by atoms with E-state index in [2.05, 4.69) is 4.99 Å². The van der Waals surface area contributed by atoms with Crippen molar-refractivity contribution in [1.29, 1.82) is 0 Å². The summed E-state index contributed by atoms with van der Waals surface area (Å²) in [7, 11) is 0. The van der Waals surface area contributed by atoms with Crippen molar-refractivity contribution >= 4 is 41.1 Å². The number of esters is 1. The van der Waals surface area contributed by atoms with E-state index >= 15 is 0 Å². The third-order valence-electron chi connectivity index (χ3n) is 2.42. The molecule has 0 bridgehead atoms. The highest BCUT2D eigenvalue weighted by atomic mass is 35.5. The first kappa shape index (κ1) is 17.5. The molecule has 0 saturated carbocycles. The monoisotopic (exact) mass is 333 g/mol. The zero-order valence-electron chi connectivity index (χ0n) is 11.5. The maximum atomic E-state index is 13.5. The molecule has 0 aromatic heterocycles. The maximum absolute atomic E-state index is 13.5. The van der Waals surface area contributed by atoms with Gasteiger partial charge in [0.2, 0.25) is 0 Å². The number of aliphatic hydroxyl groups is 1. The lowest BCUT2D eigenvalue weighted by Crippen LogP contribution is -2.11. The Kier molecular flexibility index (Phi) is 6.65. The number of aliphatic hydroxyl groups excluding tert-OH is 1. The van der Waals surface area contributed by atoms with Crippen LogP contribution in [0.15, 0.2) is 22.7 Å². The lowest BCUT2D eigenvalue weighted by Gasteiger charge is -2.09. The van der Waals surface area contributed by atoms with E-state index in [9.17, 15) is 14.3 Å². The molecule has 0 atom stereocenters. The first-order chi connectivity index (χ1) is 9.92. The van der Waals surface area contributed by atoms with E-state index < -0.39 is 17.5 Å². The summed E-state index contributed by atoms with van der Waals surface area (Å²) in [5.41, 5.74) is -0.272. The fourth-order valence-electron chi connectivity index (χ4n) is 1.45.